The molecule has 132 valence electrons. The topological polar surface area (TPSA) is 59.4 Å². The number of ether oxygens (including phenoxy) is 1. The van der Waals surface area contributed by atoms with Crippen molar-refractivity contribution in [2.24, 2.45) is 0 Å². The second-order valence-electron chi connectivity index (χ2n) is 6.07. The molecule has 0 bridgehead atoms. The molecule has 2 aromatic rings. The second kappa shape index (κ2) is 8.34. The summed E-state index contributed by atoms with van der Waals surface area (Å²) in [7, 11) is 0. The van der Waals surface area contributed by atoms with Gasteiger partial charge in [0.1, 0.15) is 23.2 Å². The Morgan fingerprint density at radius 2 is 2.16 bits per heavy atom. The number of aromatic nitrogens is 1. The van der Waals surface area contributed by atoms with Crippen molar-refractivity contribution in [3.8, 4) is 5.75 Å². The summed E-state index contributed by atoms with van der Waals surface area (Å²) in [5.41, 5.74) is 1.38. The first kappa shape index (κ1) is 17.7. The Bertz CT molecular complexity index is 749. The van der Waals surface area contributed by atoms with Gasteiger partial charge in [-0.05, 0) is 37.0 Å². The van der Waals surface area contributed by atoms with E-state index in [-0.39, 0.29) is 12.8 Å². The molecular weight excluding hydrogens is 341 g/mol. The third-order valence-electron chi connectivity index (χ3n) is 4.21. The van der Waals surface area contributed by atoms with Crippen molar-refractivity contribution in [1.82, 2.24) is 4.98 Å². The minimum Gasteiger partial charge on any atom is -0.489 e. The Morgan fingerprint density at radius 1 is 1.32 bits per heavy atom. The Kier molecular flexibility index (Phi) is 5.91. The summed E-state index contributed by atoms with van der Waals surface area (Å²) in [6, 6.07) is 8.42. The molecular formula is C19H20FNO3S. The number of thioether (sulfide) groups is 1. The fourth-order valence-corrected chi connectivity index (χ4v) is 3.79. The molecule has 6 heteroatoms. The highest BCUT2D eigenvalue weighted by atomic mass is 32.2. The smallest absolute Gasteiger partial charge is 0.303 e. The van der Waals surface area contributed by atoms with Crippen molar-refractivity contribution in [3.05, 3.63) is 53.5 Å². The van der Waals surface area contributed by atoms with E-state index >= 15 is 0 Å². The molecule has 0 spiro atoms. The number of nitrogens with zero attached hydrogens (tertiary/aromatic N) is 1. The van der Waals surface area contributed by atoms with Gasteiger partial charge in [-0.15, -0.1) is 11.8 Å². The van der Waals surface area contributed by atoms with Crippen molar-refractivity contribution < 1.29 is 19.0 Å². The summed E-state index contributed by atoms with van der Waals surface area (Å²) >= 11 is 1.79. The summed E-state index contributed by atoms with van der Waals surface area (Å²) < 4.78 is 19.8. The van der Waals surface area contributed by atoms with Crippen LogP contribution in [0.25, 0.3) is 0 Å². The van der Waals surface area contributed by atoms with Crippen LogP contribution in [0.2, 0.25) is 0 Å². The van der Waals surface area contributed by atoms with Gasteiger partial charge in [-0.25, -0.2) is 9.37 Å². The summed E-state index contributed by atoms with van der Waals surface area (Å²) in [5, 5.41) is 10.3. The molecule has 0 amide bonds. The lowest BCUT2D eigenvalue weighted by Gasteiger charge is -2.24. The summed E-state index contributed by atoms with van der Waals surface area (Å²) in [5.74, 6) is -0.943. The first-order valence-electron chi connectivity index (χ1n) is 8.35. The van der Waals surface area contributed by atoms with Crippen molar-refractivity contribution in [2.45, 2.75) is 49.0 Å². The average Bonchev–Trinajstić information content (AvgIpc) is 2.56. The lowest BCUT2D eigenvalue weighted by molar-refractivity contribution is -0.136. The molecule has 1 fully saturated rings. The van der Waals surface area contributed by atoms with Gasteiger partial charge in [0.2, 0.25) is 0 Å². The lowest BCUT2D eigenvalue weighted by Crippen LogP contribution is -2.13. The van der Waals surface area contributed by atoms with Gasteiger partial charge in [0, 0.05) is 29.5 Å². The number of rotatable bonds is 8. The molecule has 1 heterocycles. The minimum atomic E-state index is -0.937. The Balaban J connectivity index is 1.61. The van der Waals surface area contributed by atoms with E-state index in [1.807, 2.05) is 12.1 Å². The zero-order valence-corrected chi connectivity index (χ0v) is 14.6. The average molecular weight is 361 g/mol. The van der Waals surface area contributed by atoms with E-state index in [1.54, 1.807) is 30.1 Å². The molecule has 25 heavy (non-hydrogen) atoms. The molecule has 1 saturated carbocycles. The zero-order chi connectivity index (χ0) is 17.6. The maximum absolute atomic E-state index is 14.0. The standard InChI is InChI=1S/C19H20FNO3S/c20-17-11-15(8-6-13(17)7-9-18(22)23)24-12-14-3-2-10-21-19(14)25-16-4-1-5-16/h2-3,6,8,10-11,16H,1,4-5,7,9,12H2,(H,22,23). The Labute approximate surface area is 150 Å². The lowest BCUT2D eigenvalue weighted by atomic mass is 10.0. The van der Waals surface area contributed by atoms with E-state index in [9.17, 15) is 9.18 Å². The van der Waals surface area contributed by atoms with Crippen LogP contribution in [0.4, 0.5) is 4.39 Å². The van der Waals surface area contributed by atoms with Gasteiger partial charge in [-0.1, -0.05) is 18.6 Å². The van der Waals surface area contributed by atoms with E-state index in [4.69, 9.17) is 9.84 Å². The van der Waals surface area contributed by atoms with E-state index in [2.05, 4.69) is 4.98 Å². The maximum atomic E-state index is 14.0. The van der Waals surface area contributed by atoms with Gasteiger partial charge in [0.05, 0.1) is 0 Å². The number of pyridine rings is 1. The van der Waals surface area contributed by atoms with Crippen molar-refractivity contribution >= 4 is 17.7 Å². The molecule has 0 unspecified atom stereocenters. The van der Waals surface area contributed by atoms with Crippen molar-refractivity contribution in [3.63, 3.8) is 0 Å². The molecule has 0 atom stereocenters. The molecule has 0 saturated heterocycles. The van der Waals surface area contributed by atoms with Gasteiger partial charge in [-0.3, -0.25) is 4.79 Å². The Morgan fingerprint density at radius 3 is 2.84 bits per heavy atom. The number of carbonyl (C=O) groups is 1. The quantitative estimate of drug-likeness (QED) is 0.752. The molecule has 1 aliphatic carbocycles. The molecule has 3 rings (SSSR count). The normalized spacial score (nSPS) is 14.1. The van der Waals surface area contributed by atoms with Crippen LogP contribution in [-0.4, -0.2) is 21.3 Å². The molecule has 1 aliphatic rings. The summed E-state index contributed by atoms with van der Waals surface area (Å²) in [6.07, 6.45) is 5.60. The first-order chi connectivity index (χ1) is 12.1. The fourth-order valence-electron chi connectivity index (χ4n) is 2.51. The largest absolute Gasteiger partial charge is 0.489 e. The highest BCUT2D eigenvalue weighted by Gasteiger charge is 2.20. The van der Waals surface area contributed by atoms with Gasteiger partial charge >= 0.3 is 5.97 Å². The monoisotopic (exact) mass is 361 g/mol. The number of hydrogen-bond acceptors (Lipinski definition) is 4. The van der Waals surface area contributed by atoms with E-state index in [0.717, 1.165) is 10.6 Å². The number of hydrogen-bond donors (Lipinski definition) is 1. The predicted molar refractivity (Wildman–Crippen MR) is 94.4 cm³/mol. The van der Waals surface area contributed by atoms with Crippen LogP contribution in [0, 0.1) is 5.82 Å². The van der Waals surface area contributed by atoms with Crippen LogP contribution in [-0.2, 0) is 17.8 Å². The number of aliphatic carboxylic acids is 1. The van der Waals surface area contributed by atoms with E-state index in [0.29, 0.717) is 23.2 Å². The predicted octanol–water partition coefficient (Wildman–Crippen LogP) is 4.46. The van der Waals surface area contributed by atoms with Gasteiger partial charge in [0.25, 0.3) is 0 Å². The van der Waals surface area contributed by atoms with Crippen LogP contribution in [0.1, 0.15) is 36.8 Å². The third-order valence-corrected chi connectivity index (χ3v) is 5.60. The molecule has 1 aromatic carbocycles. The zero-order valence-electron chi connectivity index (χ0n) is 13.8. The van der Waals surface area contributed by atoms with Crippen molar-refractivity contribution in [2.75, 3.05) is 0 Å². The van der Waals surface area contributed by atoms with Crippen LogP contribution in [0.15, 0.2) is 41.6 Å². The second-order valence-corrected chi connectivity index (χ2v) is 7.36. The van der Waals surface area contributed by atoms with Gasteiger partial charge in [-0.2, -0.15) is 0 Å². The molecule has 0 aliphatic heterocycles. The van der Waals surface area contributed by atoms with Crippen LogP contribution < -0.4 is 4.74 Å². The maximum Gasteiger partial charge on any atom is 0.303 e. The Hall–Kier alpha value is -2.08. The number of carboxylic acids is 1. The summed E-state index contributed by atoms with van der Waals surface area (Å²) in [6.45, 7) is 0.330. The molecule has 1 aromatic heterocycles. The fraction of sp³-hybridized carbons (Fsp3) is 0.368. The number of aryl methyl sites for hydroxylation is 1. The number of halogens is 1. The van der Waals surface area contributed by atoms with E-state index < -0.39 is 11.8 Å². The molecule has 1 N–H and O–H groups in total. The van der Waals surface area contributed by atoms with Crippen LogP contribution >= 0.6 is 11.8 Å². The minimum absolute atomic E-state index is 0.0887. The number of carboxylic acid groups (broad SMARTS) is 1. The third kappa shape index (κ3) is 4.95. The van der Waals surface area contributed by atoms with Crippen molar-refractivity contribution in [1.29, 1.82) is 0 Å². The van der Waals surface area contributed by atoms with Gasteiger partial charge in [0.15, 0.2) is 0 Å². The van der Waals surface area contributed by atoms with Crippen LogP contribution in [0.3, 0.4) is 0 Å². The van der Waals surface area contributed by atoms with Gasteiger partial charge < -0.3 is 9.84 Å². The van der Waals surface area contributed by atoms with E-state index in [1.165, 1.54) is 25.3 Å². The number of benzene rings is 1. The highest BCUT2D eigenvalue weighted by Crippen LogP contribution is 2.37. The van der Waals surface area contributed by atoms with Crippen LogP contribution in [0.5, 0.6) is 5.75 Å². The first-order valence-corrected chi connectivity index (χ1v) is 9.23. The highest BCUT2D eigenvalue weighted by molar-refractivity contribution is 8.00. The molecule has 0 radical (unpaired) electrons. The molecule has 4 nitrogen and oxygen atoms in total. The SMILES string of the molecule is O=C(O)CCc1ccc(OCc2cccnc2SC2CCC2)cc1F. The summed E-state index contributed by atoms with van der Waals surface area (Å²) in [4.78, 5) is 15.0.